The van der Waals surface area contributed by atoms with E-state index in [-0.39, 0.29) is 0 Å². The molecule has 0 bridgehead atoms. The second-order valence-electron chi connectivity index (χ2n) is 6.50. The van der Waals surface area contributed by atoms with Crippen LogP contribution in [0.1, 0.15) is 52.4 Å². The van der Waals surface area contributed by atoms with Gasteiger partial charge < -0.3 is 10.1 Å². The van der Waals surface area contributed by atoms with Gasteiger partial charge >= 0.3 is 0 Å². The lowest BCUT2D eigenvalue weighted by Crippen LogP contribution is -2.43. The zero-order chi connectivity index (χ0) is 12.3. The maximum absolute atomic E-state index is 5.22. The highest BCUT2D eigenvalue weighted by atomic mass is 16.5. The van der Waals surface area contributed by atoms with Crippen LogP contribution in [0.3, 0.4) is 0 Å². The molecule has 17 heavy (non-hydrogen) atoms. The Labute approximate surface area is 107 Å². The van der Waals surface area contributed by atoms with Crippen LogP contribution in [-0.4, -0.2) is 26.3 Å². The monoisotopic (exact) mass is 239 g/mol. The number of ether oxygens (including phenoxy) is 1. The molecule has 2 aliphatic rings. The van der Waals surface area contributed by atoms with Gasteiger partial charge in [0.1, 0.15) is 0 Å². The maximum Gasteiger partial charge on any atom is 0.0468 e. The first-order chi connectivity index (χ1) is 8.17. The Hall–Kier alpha value is -0.0800. The summed E-state index contributed by atoms with van der Waals surface area (Å²) in [5.74, 6) is 1.75. The van der Waals surface area contributed by atoms with Gasteiger partial charge in [0.05, 0.1) is 0 Å². The van der Waals surface area contributed by atoms with E-state index in [0.717, 1.165) is 24.5 Å². The average Bonchev–Trinajstić information content (AvgIpc) is 3.09. The summed E-state index contributed by atoms with van der Waals surface area (Å²) < 4.78 is 5.22. The van der Waals surface area contributed by atoms with Crippen molar-refractivity contribution < 1.29 is 4.74 Å². The predicted molar refractivity (Wildman–Crippen MR) is 72.1 cm³/mol. The van der Waals surface area contributed by atoms with Gasteiger partial charge in [-0.15, -0.1) is 0 Å². The second-order valence-corrected chi connectivity index (χ2v) is 6.50. The molecule has 2 aliphatic carbocycles. The molecule has 0 saturated heterocycles. The number of methoxy groups -OCH3 is 1. The molecule has 1 N–H and O–H groups in total. The molecule has 0 heterocycles. The first-order valence-corrected chi connectivity index (χ1v) is 7.39. The fourth-order valence-corrected chi connectivity index (χ4v) is 3.23. The quantitative estimate of drug-likeness (QED) is 0.768. The molecule has 2 rings (SSSR count). The van der Waals surface area contributed by atoms with Gasteiger partial charge in [0.2, 0.25) is 0 Å². The number of hydrogen-bond donors (Lipinski definition) is 1. The van der Waals surface area contributed by atoms with Crippen LogP contribution in [0.15, 0.2) is 0 Å². The van der Waals surface area contributed by atoms with E-state index in [0.29, 0.717) is 5.41 Å². The molecule has 0 radical (unpaired) electrons. The summed E-state index contributed by atoms with van der Waals surface area (Å²) in [7, 11) is 1.81. The Morgan fingerprint density at radius 3 is 2.65 bits per heavy atom. The molecule has 2 saturated carbocycles. The van der Waals surface area contributed by atoms with Crippen molar-refractivity contribution in [3.8, 4) is 0 Å². The van der Waals surface area contributed by atoms with Crippen molar-refractivity contribution in [3.05, 3.63) is 0 Å². The predicted octanol–water partition coefficient (Wildman–Crippen LogP) is 3.22. The van der Waals surface area contributed by atoms with Crippen LogP contribution in [0.2, 0.25) is 0 Å². The van der Waals surface area contributed by atoms with Crippen LogP contribution in [0, 0.1) is 17.3 Å². The molecule has 3 atom stereocenters. The van der Waals surface area contributed by atoms with Crippen LogP contribution >= 0.6 is 0 Å². The zero-order valence-electron chi connectivity index (χ0n) is 11.8. The van der Waals surface area contributed by atoms with Crippen molar-refractivity contribution in [1.82, 2.24) is 5.32 Å². The van der Waals surface area contributed by atoms with E-state index in [1.54, 1.807) is 0 Å². The highest BCUT2D eigenvalue weighted by molar-refractivity contribution is 4.96. The smallest absolute Gasteiger partial charge is 0.0468 e. The summed E-state index contributed by atoms with van der Waals surface area (Å²) in [5.41, 5.74) is 0.594. The van der Waals surface area contributed by atoms with Crippen molar-refractivity contribution in [3.63, 3.8) is 0 Å². The van der Waals surface area contributed by atoms with E-state index < -0.39 is 0 Å². The van der Waals surface area contributed by atoms with Crippen LogP contribution in [0.25, 0.3) is 0 Å². The summed E-state index contributed by atoms with van der Waals surface area (Å²) in [6, 6.07) is 0.763. The highest BCUT2D eigenvalue weighted by Crippen LogP contribution is 2.48. The third-order valence-electron chi connectivity index (χ3n) is 5.24. The minimum atomic E-state index is 0.594. The second kappa shape index (κ2) is 5.71. The molecule has 0 spiro atoms. The van der Waals surface area contributed by atoms with Gasteiger partial charge in [0, 0.05) is 26.3 Å². The molecule has 3 unspecified atom stereocenters. The molecular formula is C15H29NO. The van der Waals surface area contributed by atoms with E-state index in [9.17, 15) is 0 Å². The van der Waals surface area contributed by atoms with Gasteiger partial charge in [-0.25, -0.2) is 0 Å². The number of nitrogens with one attached hydrogen (secondary N) is 1. The van der Waals surface area contributed by atoms with Gasteiger partial charge in [-0.1, -0.05) is 26.7 Å². The number of rotatable bonds is 6. The summed E-state index contributed by atoms with van der Waals surface area (Å²) >= 11 is 0. The maximum atomic E-state index is 5.22. The van der Waals surface area contributed by atoms with Crippen molar-refractivity contribution in [2.24, 2.45) is 17.3 Å². The van der Waals surface area contributed by atoms with Crippen LogP contribution in [0.5, 0.6) is 0 Å². The Kier molecular flexibility index (Phi) is 4.48. The molecular weight excluding hydrogens is 210 g/mol. The van der Waals surface area contributed by atoms with E-state index in [1.165, 1.54) is 45.1 Å². The Bertz CT molecular complexity index is 237. The fourth-order valence-electron chi connectivity index (χ4n) is 3.23. The molecule has 2 nitrogen and oxygen atoms in total. The molecule has 2 heteroatoms. The van der Waals surface area contributed by atoms with Crippen LogP contribution < -0.4 is 5.32 Å². The highest BCUT2D eigenvalue weighted by Gasteiger charge is 2.42. The average molecular weight is 239 g/mol. The Morgan fingerprint density at radius 1 is 1.24 bits per heavy atom. The summed E-state index contributed by atoms with van der Waals surface area (Å²) in [5, 5.41) is 3.86. The normalized spacial score (nSPS) is 35.8. The van der Waals surface area contributed by atoms with E-state index in [2.05, 4.69) is 19.2 Å². The summed E-state index contributed by atoms with van der Waals surface area (Å²) in [6.45, 7) is 6.99. The first kappa shape index (κ1) is 13.4. The molecule has 100 valence electrons. The largest absolute Gasteiger partial charge is 0.385 e. The minimum Gasteiger partial charge on any atom is -0.385 e. The van der Waals surface area contributed by atoms with Gasteiger partial charge in [-0.2, -0.15) is 0 Å². The van der Waals surface area contributed by atoms with Gasteiger partial charge in [0.15, 0.2) is 0 Å². The third kappa shape index (κ3) is 3.45. The van der Waals surface area contributed by atoms with Crippen molar-refractivity contribution >= 4 is 0 Å². The molecule has 0 aromatic carbocycles. The Morgan fingerprint density at radius 2 is 2.00 bits per heavy atom. The minimum absolute atomic E-state index is 0.594. The third-order valence-corrected chi connectivity index (χ3v) is 5.24. The van der Waals surface area contributed by atoms with Gasteiger partial charge in [0.25, 0.3) is 0 Å². The van der Waals surface area contributed by atoms with Crippen LogP contribution in [-0.2, 0) is 4.74 Å². The van der Waals surface area contributed by atoms with E-state index in [1.807, 2.05) is 7.11 Å². The van der Waals surface area contributed by atoms with E-state index >= 15 is 0 Å². The molecule has 0 amide bonds. The van der Waals surface area contributed by atoms with E-state index in [4.69, 9.17) is 4.74 Å². The lowest BCUT2D eigenvalue weighted by Gasteiger charge is -2.35. The van der Waals surface area contributed by atoms with Crippen molar-refractivity contribution in [1.29, 1.82) is 0 Å². The molecule has 0 aromatic rings. The molecule has 0 aromatic heterocycles. The molecule has 0 aliphatic heterocycles. The lowest BCUT2D eigenvalue weighted by molar-refractivity contribution is 0.160. The van der Waals surface area contributed by atoms with Crippen molar-refractivity contribution in [2.45, 2.75) is 58.4 Å². The zero-order valence-corrected chi connectivity index (χ0v) is 11.8. The molecule has 2 fully saturated rings. The SMILES string of the molecule is COCCC1(CNC2CCCC(C)C2C)CC1. The standard InChI is InChI=1S/C15H29NO/c1-12-5-4-6-14(13(12)2)16-11-15(7-8-15)9-10-17-3/h12-14,16H,4-11H2,1-3H3. The van der Waals surface area contributed by atoms with Crippen molar-refractivity contribution in [2.75, 3.05) is 20.3 Å². The fraction of sp³-hybridized carbons (Fsp3) is 1.00. The topological polar surface area (TPSA) is 21.3 Å². The lowest BCUT2D eigenvalue weighted by atomic mass is 9.78. The summed E-state index contributed by atoms with van der Waals surface area (Å²) in [6.07, 6.45) is 8.27. The summed E-state index contributed by atoms with van der Waals surface area (Å²) in [4.78, 5) is 0. The van der Waals surface area contributed by atoms with Crippen LogP contribution in [0.4, 0.5) is 0 Å². The van der Waals surface area contributed by atoms with Gasteiger partial charge in [-0.05, 0) is 42.9 Å². The number of hydrogen-bond acceptors (Lipinski definition) is 2. The first-order valence-electron chi connectivity index (χ1n) is 7.39. The van der Waals surface area contributed by atoms with Gasteiger partial charge in [-0.3, -0.25) is 0 Å². The Balaban J connectivity index is 1.74.